The maximum absolute atomic E-state index is 12.7. The van der Waals surface area contributed by atoms with Gasteiger partial charge in [-0.3, -0.25) is 9.59 Å². The molecule has 0 bridgehead atoms. The summed E-state index contributed by atoms with van der Waals surface area (Å²) in [5, 5.41) is 5.38. The molecule has 1 aliphatic rings. The number of nitrogens with one attached hydrogen (secondary N) is 2. The SMILES string of the molecule is CCn1c(CNC(=O)c2nc(Cl)c(N)nc2N)[n+](C)c2ccc(C(=O)N[C@@H]3CCOC3=O)cc21.[I-]. The minimum atomic E-state index is -0.639. The number of rotatable bonds is 6. The van der Waals surface area contributed by atoms with Crippen LogP contribution in [0.25, 0.3) is 11.0 Å². The van der Waals surface area contributed by atoms with Gasteiger partial charge in [0.25, 0.3) is 17.6 Å². The molecule has 1 saturated heterocycles. The van der Waals surface area contributed by atoms with Gasteiger partial charge < -0.3 is 50.8 Å². The van der Waals surface area contributed by atoms with Gasteiger partial charge in [-0.05, 0) is 19.1 Å². The Labute approximate surface area is 222 Å². The van der Waals surface area contributed by atoms with E-state index in [0.717, 1.165) is 16.9 Å². The molecule has 1 atom stereocenters. The highest BCUT2D eigenvalue weighted by Gasteiger charge is 2.29. The highest BCUT2D eigenvalue weighted by molar-refractivity contribution is 6.31. The summed E-state index contributed by atoms with van der Waals surface area (Å²) in [4.78, 5) is 44.8. The summed E-state index contributed by atoms with van der Waals surface area (Å²) in [7, 11) is 1.86. The lowest BCUT2D eigenvalue weighted by Gasteiger charge is -2.08. The molecule has 1 aromatic carbocycles. The molecule has 186 valence electrons. The van der Waals surface area contributed by atoms with Gasteiger partial charge in [-0.2, -0.15) is 0 Å². The molecular weight excluding hydrogens is 591 g/mol. The van der Waals surface area contributed by atoms with E-state index in [2.05, 4.69) is 20.6 Å². The number of halogens is 2. The van der Waals surface area contributed by atoms with Crippen LogP contribution in [0.3, 0.4) is 0 Å². The third-order valence-electron chi connectivity index (χ3n) is 5.67. The van der Waals surface area contributed by atoms with Crippen molar-refractivity contribution < 1.29 is 47.7 Å². The van der Waals surface area contributed by atoms with Crippen LogP contribution < -0.4 is 50.6 Å². The third-order valence-corrected chi connectivity index (χ3v) is 5.95. The number of fused-ring (bicyclic) bond motifs is 1. The fourth-order valence-corrected chi connectivity index (χ4v) is 4.04. The number of esters is 1. The summed E-state index contributed by atoms with van der Waals surface area (Å²) < 4.78 is 8.79. The first-order valence-electron chi connectivity index (χ1n) is 10.6. The lowest BCUT2D eigenvalue weighted by atomic mass is 10.1. The van der Waals surface area contributed by atoms with Gasteiger partial charge >= 0.3 is 5.97 Å². The average Bonchev–Trinajstić information content (AvgIpc) is 3.33. The van der Waals surface area contributed by atoms with Crippen LogP contribution in [0.15, 0.2) is 18.2 Å². The first kappa shape index (κ1) is 26.4. The van der Waals surface area contributed by atoms with Crippen molar-refractivity contribution in [2.75, 3.05) is 18.1 Å². The normalized spacial score (nSPS) is 14.9. The van der Waals surface area contributed by atoms with Gasteiger partial charge in [-0.15, -0.1) is 0 Å². The number of benzene rings is 1. The molecule has 0 aliphatic carbocycles. The Kier molecular flexibility index (Phi) is 8.00. The number of anilines is 2. The highest BCUT2D eigenvalue weighted by Crippen LogP contribution is 2.19. The van der Waals surface area contributed by atoms with E-state index < -0.39 is 17.9 Å². The summed E-state index contributed by atoms with van der Waals surface area (Å²) in [6.45, 7) is 2.98. The Morgan fingerprint density at radius 1 is 1.26 bits per heavy atom. The number of imidazole rings is 1. The third kappa shape index (κ3) is 5.10. The van der Waals surface area contributed by atoms with Crippen LogP contribution in [0.4, 0.5) is 11.6 Å². The van der Waals surface area contributed by atoms with Crippen LogP contribution in [0.1, 0.15) is 40.0 Å². The number of hydrogen-bond donors (Lipinski definition) is 4. The summed E-state index contributed by atoms with van der Waals surface area (Å²) in [6, 6.07) is 4.62. The second-order valence-corrected chi connectivity index (χ2v) is 8.08. The lowest BCUT2D eigenvalue weighted by Crippen LogP contribution is -3.00. The number of nitrogens with two attached hydrogens (primary N) is 2. The summed E-state index contributed by atoms with van der Waals surface area (Å²) in [5.41, 5.74) is 13.3. The smallest absolute Gasteiger partial charge is 0.328 e. The minimum absolute atomic E-state index is 0. The Balaban J connectivity index is 0.00000342. The molecule has 3 heterocycles. The number of carbonyl (C=O) groups excluding carboxylic acids is 3. The molecular formula is C21H24ClIN8O4. The van der Waals surface area contributed by atoms with Crippen molar-refractivity contribution in [3.63, 3.8) is 0 Å². The van der Waals surface area contributed by atoms with Crippen LogP contribution in [0, 0.1) is 0 Å². The van der Waals surface area contributed by atoms with E-state index in [9.17, 15) is 14.4 Å². The number of aromatic nitrogens is 4. The second kappa shape index (κ2) is 10.6. The predicted molar refractivity (Wildman–Crippen MR) is 123 cm³/mol. The molecule has 0 saturated carbocycles. The molecule has 2 aromatic heterocycles. The molecule has 35 heavy (non-hydrogen) atoms. The summed E-state index contributed by atoms with van der Waals surface area (Å²) >= 11 is 5.87. The second-order valence-electron chi connectivity index (χ2n) is 7.72. The summed E-state index contributed by atoms with van der Waals surface area (Å²) in [6.07, 6.45) is 0.449. The maximum Gasteiger partial charge on any atom is 0.328 e. The zero-order chi connectivity index (χ0) is 24.6. The monoisotopic (exact) mass is 614 g/mol. The van der Waals surface area contributed by atoms with Gasteiger partial charge in [0.1, 0.15) is 12.6 Å². The van der Waals surface area contributed by atoms with Gasteiger partial charge in [-0.25, -0.2) is 23.9 Å². The number of carbonyl (C=O) groups is 3. The Morgan fingerprint density at radius 2 is 2.00 bits per heavy atom. The maximum atomic E-state index is 12.7. The molecule has 1 fully saturated rings. The highest BCUT2D eigenvalue weighted by atomic mass is 127. The molecule has 4 rings (SSSR count). The Morgan fingerprint density at radius 3 is 2.66 bits per heavy atom. The van der Waals surface area contributed by atoms with Crippen molar-refractivity contribution in [1.29, 1.82) is 0 Å². The summed E-state index contributed by atoms with van der Waals surface area (Å²) in [5.74, 6) is -0.747. The van der Waals surface area contributed by atoms with Crippen LogP contribution >= 0.6 is 11.6 Å². The largest absolute Gasteiger partial charge is 1.00 e. The molecule has 14 heteroatoms. The van der Waals surface area contributed by atoms with E-state index in [1.54, 1.807) is 12.1 Å². The number of hydrogen-bond acceptors (Lipinski definition) is 8. The van der Waals surface area contributed by atoms with Crippen molar-refractivity contribution in [1.82, 2.24) is 25.2 Å². The Bertz CT molecular complexity index is 1330. The van der Waals surface area contributed by atoms with Crippen molar-refractivity contribution in [3.05, 3.63) is 40.4 Å². The average molecular weight is 615 g/mol. The zero-order valence-corrected chi connectivity index (χ0v) is 21.9. The lowest BCUT2D eigenvalue weighted by molar-refractivity contribution is -0.654. The fourth-order valence-electron chi connectivity index (χ4n) is 3.91. The van der Waals surface area contributed by atoms with Crippen molar-refractivity contribution in [2.24, 2.45) is 7.05 Å². The Hall–Kier alpha value is -3.20. The molecule has 12 nitrogen and oxygen atoms in total. The number of ether oxygens (including phenoxy) is 1. The van der Waals surface area contributed by atoms with Gasteiger partial charge in [0.05, 0.1) is 20.2 Å². The van der Waals surface area contributed by atoms with Crippen LogP contribution in [0.5, 0.6) is 0 Å². The van der Waals surface area contributed by atoms with Crippen LogP contribution in [-0.4, -0.2) is 45.0 Å². The van der Waals surface area contributed by atoms with E-state index in [1.807, 2.05) is 29.2 Å². The van der Waals surface area contributed by atoms with Crippen LogP contribution in [0.2, 0.25) is 5.15 Å². The fraction of sp³-hybridized carbons (Fsp3) is 0.333. The number of nitrogens with zero attached hydrogens (tertiary/aromatic N) is 4. The van der Waals surface area contributed by atoms with E-state index in [0.29, 0.717) is 25.1 Å². The number of amides is 2. The molecule has 2 amide bonds. The quantitative estimate of drug-likeness (QED) is 0.130. The standard InChI is InChI=1S/C21H23ClN8O4.HI/c1-3-30-13-8-10(19(31)26-11-6-7-34-21(11)33)4-5-12(13)29(2)14(30)9-25-20(32)15-17(23)28-18(24)16(22)27-15;/h4-5,8,11H,3,6-7,9H2,1-2H3,(H5-,23,24,25,26,28,31,32);1H/t11-;/m1./s1. The van der Waals surface area contributed by atoms with Crippen molar-refractivity contribution >= 4 is 52.1 Å². The van der Waals surface area contributed by atoms with Crippen molar-refractivity contribution in [2.45, 2.75) is 32.5 Å². The first-order valence-corrected chi connectivity index (χ1v) is 10.9. The van der Waals surface area contributed by atoms with E-state index in [1.165, 1.54) is 0 Å². The molecule has 3 aromatic rings. The number of aryl methyl sites for hydroxylation is 2. The molecule has 1 aliphatic heterocycles. The van der Waals surface area contributed by atoms with Gasteiger partial charge in [0.15, 0.2) is 33.5 Å². The molecule has 0 spiro atoms. The van der Waals surface area contributed by atoms with Gasteiger partial charge in [0, 0.05) is 18.1 Å². The van der Waals surface area contributed by atoms with Gasteiger partial charge in [0.2, 0.25) is 0 Å². The topological polar surface area (TPSA) is 171 Å². The van der Waals surface area contributed by atoms with E-state index in [4.69, 9.17) is 27.8 Å². The van der Waals surface area contributed by atoms with Crippen molar-refractivity contribution in [3.8, 4) is 0 Å². The van der Waals surface area contributed by atoms with Crippen LogP contribution in [-0.2, 0) is 29.7 Å². The number of cyclic esters (lactones) is 1. The zero-order valence-electron chi connectivity index (χ0n) is 19.0. The minimum Gasteiger partial charge on any atom is -1.00 e. The first-order chi connectivity index (χ1) is 16.2. The molecule has 0 unspecified atom stereocenters. The number of nitrogen functional groups attached to an aromatic ring is 2. The molecule has 0 radical (unpaired) electrons. The van der Waals surface area contributed by atoms with E-state index >= 15 is 0 Å². The van der Waals surface area contributed by atoms with E-state index in [-0.39, 0.29) is 58.9 Å². The predicted octanol–water partition coefficient (Wildman–Crippen LogP) is -2.93. The molecule has 6 N–H and O–H groups in total. The van der Waals surface area contributed by atoms with Gasteiger partial charge in [-0.1, -0.05) is 11.6 Å².